The van der Waals surface area contributed by atoms with Crippen LogP contribution < -0.4 is 20.7 Å². The number of nitrogens with two attached hydrogens (primary N) is 1. The number of anilines is 4. The molecule has 14 heteroatoms. The average molecular weight is 611 g/mol. The number of methoxy groups -OCH3 is 2. The predicted molar refractivity (Wildman–Crippen MR) is 150 cm³/mol. The molecule has 0 aliphatic rings. The maximum absolute atomic E-state index is 14.9. The topological polar surface area (TPSA) is 116 Å². The molecule has 9 nitrogen and oxygen atoms in total. The zero-order chi connectivity index (χ0) is 32.1. The van der Waals surface area contributed by atoms with Gasteiger partial charge in [0.15, 0.2) is 11.6 Å². The van der Waals surface area contributed by atoms with E-state index in [0.717, 1.165) is 31.4 Å². The van der Waals surface area contributed by atoms with Crippen molar-refractivity contribution < 1.29 is 45.8 Å². The number of aryl methyl sites for hydroxylation is 1. The third kappa shape index (κ3) is 8.23. The normalized spacial score (nSPS) is 11.6. The van der Waals surface area contributed by atoms with Crippen molar-refractivity contribution in [2.45, 2.75) is 45.4 Å². The monoisotopic (exact) mass is 610 g/mol. The van der Waals surface area contributed by atoms with Gasteiger partial charge in [0, 0.05) is 18.3 Å². The zero-order valence-corrected chi connectivity index (χ0v) is 24.1. The summed E-state index contributed by atoms with van der Waals surface area (Å²) in [6.07, 6.45) is -5.76. The number of esters is 1. The van der Waals surface area contributed by atoms with Gasteiger partial charge in [0.1, 0.15) is 17.0 Å². The van der Waals surface area contributed by atoms with E-state index < -0.39 is 52.3 Å². The van der Waals surface area contributed by atoms with E-state index in [-0.39, 0.29) is 48.0 Å². The van der Waals surface area contributed by atoms with Gasteiger partial charge in [-0.15, -0.1) is 0 Å². The fraction of sp³-hybridized carbons (Fsp3) is 0.345. The molecular formula is C29H31F5N4O5. The smallest absolute Gasteiger partial charge is 0.421 e. The van der Waals surface area contributed by atoms with E-state index in [4.69, 9.17) is 15.2 Å². The first-order valence-corrected chi connectivity index (χ1v) is 12.9. The van der Waals surface area contributed by atoms with Crippen molar-refractivity contribution in [3.05, 3.63) is 70.8 Å². The molecule has 0 radical (unpaired) electrons. The number of nitrogen functional groups attached to an aromatic ring is 1. The molecule has 3 aromatic rings. The number of pyridine rings is 1. The highest BCUT2D eigenvalue weighted by molar-refractivity contribution is 5.91. The summed E-state index contributed by atoms with van der Waals surface area (Å²) in [6, 6.07) is 8.06. The lowest BCUT2D eigenvalue weighted by Crippen LogP contribution is -2.38. The number of nitrogens with zero attached hydrogens (tertiary/aromatic N) is 2. The van der Waals surface area contributed by atoms with E-state index in [9.17, 15) is 31.5 Å². The quantitative estimate of drug-likeness (QED) is 0.199. The third-order valence-electron chi connectivity index (χ3n) is 5.95. The number of ether oxygens (including phenoxy) is 3. The molecule has 0 atom stereocenters. The lowest BCUT2D eigenvalue weighted by molar-refractivity contribution is -0.139. The van der Waals surface area contributed by atoms with Gasteiger partial charge in [-0.3, -0.25) is 4.90 Å². The molecule has 1 heterocycles. The van der Waals surface area contributed by atoms with E-state index >= 15 is 0 Å². The van der Waals surface area contributed by atoms with Gasteiger partial charge in [0.25, 0.3) is 0 Å². The van der Waals surface area contributed by atoms with Gasteiger partial charge in [-0.05, 0) is 75.6 Å². The van der Waals surface area contributed by atoms with E-state index in [1.807, 2.05) is 0 Å². The summed E-state index contributed by atoms with van der Waals surface area (Å²) in [7, 11) is 2.30. The number of aromatic nitrogens is 1. The average Bonchev–Trinajstić information content (AvgIpc) is 2.91. The lowest BCUT2D eigenvalue weighted by Gasteiger charge is -2.27. The number of halogens is 5. The Morgan fingerprint density at radius 2 is 1.67 bits per heavy atom. The Morgan fingerprint density at radius 1 is 1.00 bits per heavy atom. The Hall–Kier alpha value is -4.62. The van der Waals surface area contributed by atoms with Crippen LogP contribution in [0.25, 0.3) is 0 Å². The number of nitrogens with one attached hydrogen (secondary N) is 1. The number of hydrogen-bond donors (Lipinski definition) is 2. The highest BCUT2D eigenvalue weighted by Gasteiger charge is 2.39. The number of alkyl halides is 3. The summed E-state index contributed by atoms with van der Waals surface area (Å²) >= 11 is 0. The summed E-state index contributed by atoms with van der Waals surface area (Å²) in [5, 5.41) is 2.51. The number of amides is 1. The molecule has 0 saturated heterocycles. The molecule has 0 aliphatic carbocycles. The molecule has 0 fully saturated rings. The van der Waals surface area contributed by atoms with Gasteiger partial charge in [-0.2, -0.15) is 18.2 Å². The van der Waals surface area contributed by atoms with Crippen molar-refractivity contribution in [2.75, 3.05) is 36.7 Å². The number of carbonyl (C=O) groups is 2. The first kappa shape index (κ1) is 32.9. The van der Waals surface area contributed by atoms with Crippen LogP contribution in [-0.2, 0) is 22.1 Å². The molecule has 1 amide bonds. The van der Waals surface area contributed by atoms with Crippen LogP contribution in [0.2, 0.25) is 0 Å². The Kier molecular flexibility index (Phi) is 10.0. The number of carbonyl (C=O) groups excluding carboxylic acids is 2. The van der Waals surface area contributed by atoms with E-state index in [2.05, 4.69) is 15.0 Å². The van der Waals surface area contributed by atoms with Crippen LogP contribution in [0, 0.1) is 11.6 Å². The molecular weight excluding hydrogens is 579 g/mol. The molecule has 43 heavy (non-hydrogen) atoms. The molecule has 1 aromatic heterocycles. The second kappa shape index (κ2) is 13.1. The van der Waals surface area contributed by atoms with Gasteiger partial charge in [-0.1, -0.05) is 0 Å². The molecule has 0 bridgehead atoms. The van der Waals surface area contributed by atoms with E-state index in [1.54, 1.807) is 20.8 Å². The highest BCUT2D eigenvalue weighted by Crippen LogP contribution is 2.40. The zero-order valence-electron chi connectivity index (χ0n) is 24.1. The second-order valence-electron chi connectivity index (χ2n) is 10.3. The summed E-state index contributed by atoms with van der Waals surface area (Å²) in [5.41, 5.74) is 2.32. The molecule has 3 N–H and O–H groups in total. The minimum absolute atomic E-state index is 0.0362. The molecule has 0 unspecified atom stereocenters. The molecule has 3 rings (SSSR count). The molecule has 0 aliphatic heterocycles. The number of hydrogen-bond acceptors (Lipinski definition) is 8. The van der Waals surface area contributed by atoms with Crippen molar-refractivity contribution in [3.8, 4) is 5.88 Å². The lowest BCUT2D eigenvalue weighted by atomic mass is 10.0. The van der Waals surface area contributed by atoms with Gasteiger partial charge in [-0.25, -0.2) is 18.4 Å². The Labute approximate surface area is 244 Å². The van der Waals surface area contributed by atoms with Crippen LogP contribution in [0.1, 0.15) is 48.7 Å². The summed E-state index contributed by atoms with van der Waals surface area (Å²) in [6.45, 7) is 4.98. The van der Waals surface area contributed by atoms with Crippen molar-refractivity contribution in [1.82, 2.24) is 4.98 Å². The van der Waals surface area contributed by atoms with Crippen molar-refractivity contribution in [3.63, 3.8) is 0 Å². The number of benzene rings is 2. The van der Waals surface area contributed by atoms with Crippen LogP contribution in [-0.4, -0.2) is 43.4 Å². The van der Waals surface area contributed by atoms with E-state index in [1.165, 1.54) is 30.2 Å². The maximum atomic E-state index is 14.9. The fourth-order valence-electron chi connectivity index (χ4n) is 4.06. The largest absolute Gasteiger partial charge is 0.481 e. The van der Waals surface area contributed by atoms with Crippen LogP contribution >= 0.6 is 0 Å². The van der Waals surface area contributed by atoms with Gasteiger partial charge in [0.2, 0.25) is 5.88 Å². The van der Waals surface area contributed by atoms with Crippen molar-refractivity contribution in [1.29, 1.82) is 0 Å². The van der Waals surface area contributed by atoms with E-state index in [0.29, 0.717) is 0 Å². The Morgan fingerprint density at radius 3 is 2.28 bits per heavy atom. The highest BCUT2D eigenvalue weighted by atomic mass is 19.4. The first-order chi connectivity index (χ1) is 20.1. The molecule has 232 valence electrons. The van der Waals surface area contributed by atoms with Crippen LogP contribution in [0.15, 0.2) is 42.5 Å². The van der Waals surface area contributed by atoms with Crippen molar-refractivity contribution in [2.24, 2.45) is 0 Å². The Balaban J connectivity index is 1.94. The van der Waals surface area contributed by atoms with Gasteiger partial charge in [0.05, 0.1) is 31.2 Å². The van der Waals surface area contributed by atoms with Crippen LogP contribution in [0.3, 0.4) is 0 Å². The molecule has 0 spiro atoms. The van der Waals surface area contributed by atoms with Gasteiger partial charge >= 0.3 is 18.2 Å². The summed E-state index contributed by atoms with van der Waals surface area (Å²) in [5.74, 6) is -3.53. The molecule has 0 saturated carbocycles. The number of rotatable bonds is 9. The predicted octanol–water partition coefficient (Wildman–Crippen LogP) is 6.87. The first-order valence-electron chi connectivity index (χ1n) is 12.9. The second-order valence-corrected chi connectivity index (χ2v) is 10.3. The minimum atomic E-state index is -5.19. The van der Waals surface area contributed by atoms with Gasteiger partial charge < -0.3 is 25.3 Å². The maximum Gasteiger partial charge on any atom is 0.421 e. The molecule has 2 aromatic carbocycles. The summed E-state index contributed by atoms with van der Waals surface area (Å²) < 4.78 is 85.8. The van der Waals surface area contributed by atoms with Crippen LogP contribution in [0.4, 0.5) is 49.6 Å². The van der Waals surface area contributed by atoms with Crippen LogP contribution in [0.5, 0.6) is 5.88 Å². The minimum Gasteiger partial charge on any atom is -0.481 e. The third-order valence-corrected chi connectivity index (χ3v) is 5.95. The SMILES string of the molecule is COC(=O)c1ccc(Nc2ccc(F)cc2CCCN(C(=O)OC(C)(C)C)c2nc(OC)ccc2N)c(C(F)(F)F)c1F. The Bertz CT molecular complexity index is 1490. The van der Waals surface area contributed by atoms with Crippen molar-refractivity contribution >= 4 is 34.9 Å². The summed E-state index contributed by atoms with van der Waals surface area (Å²) in [4.78, 5) is 30.3. The fourth-order valence-corrected chi connectivity index (χ4v) is 4.06. The standard InChI is InChI=1S/C29H31F5N4O5/c1-28(2,3)43-27(40)38(25-19(35)10-13-22(37-25)41-4)14-6-7-16-15-17(30)8-11-20(16)36-21-12-9-18(26(39)42-5)24(31)23(21)29(32,33)34/h8-13,15,36H,6-7,14,35H2,1-5H3.